The number of fused-ring (bicyclic) bond motifs is 1. The molecule has 0 spiro atoms. The second kappa shape index (κ2) is 6.99. The molecule has 0 aromatic heterocycles. The number of rotatable bonds is 3. The Morgan fingerprint density at radius 3 is 2.44 bits per heavy atom. The summed E-state index contributed by atoms with van der Waals surface area (Å²) in [6.45, 7) is 4.06. The minimum absolute atomic E-state index is 0.00118. The second-order valence-corrected chi connectivity index (χ2v) is 6.58. The molecular weight excluding hydrogens is 384 g/mol. The predicted octanol–water partition coefficient (Wildman–Crippen LogP) is 4.34. The fourth-order valence-corrected chi connectivity index (χ4v) is 3.03. The average Bonchev–Trinajstić information content (AvgIpc) is 2.98. The number of nitrogens with zero attached hydrogens (tertiary/aromatic N) is 1. The van der Waals surface area contributed by atoms with E-state index < -0.39 is 5.91 Å². The number of carbonyl (C=O) groups excluding carboxylic acids is 1. The normalized spacial score (nSPS) is 12.6. The number of nitriles is 1. The summed E-state index contributed by atoms with van der Waals surface area (Å²) in [5.74, 6) is 0.751. The van der Waals surface area contributed by atoms with E-state index in [-0.39, 0.29) is 12.4 Å². The number of hydrogen-bond donors (Lipinski definition) is 1. The van der Waals surface area contributed by atoms with E-state index in [9.17, 15) is 10.1 Å². The van der Waals surface area contributed by atoms with Crippen molar-refractivity contribution in [1.29, 1.82) is 5.26 Å². The van der Waals surface area contributed by atoms with Gasteiger partial charge in [-0.1, -0.05) is 22.0 Å². The first kappa shape index (κ1) is 17.1. The molecule has 5 nitrogen and oxygen atoms in total. The lowest BCUT2D eigenvalue weighted by Crippen LogP contribution is -2.13. The zero-order valence-electron chi connectivity index (χ0n) is 13.7. The molecule has 0 saturated heterocycles. The second-order valence-electron chi connectivity index (χ2n) is 5.73. The van der Waals surface area contributed by atoms with Crippen LogP contribution in [0.2, 0.25) is 0 Å². The highest BCUT2D eigenvalue weighted by Gasteiger charge is 2.17. The average molecular weight is 399 g/mol. The molecule has 0 saturated carbocycles. The Bertz CT molecular complexity index is 909. The van der Waals surface area contributed by atoms with Crippen molar-refractivity contribution in [3.05, 3.63) is 57.1 Å². The van der Waals surface area contributed by atoms with Crippen LogP contribution in [0.4, 0.5) is 5.69 Å². The van der Waals surface area contributed by atoms with Gasteiger partial charge in [0.05, 0.1) is 0 Å². The summed E-state index contributed by atoms with van der Waals surface area (Å²) in [7, 11) is 0. The fraction of sp³-hybridized carbons (Fsp3) is 0.158. The molecule has 2 aromatic carbocycles. The van der Waals surface area contributed by atoms with E-state index in [0.29, 0.717) is 27.2 Å². The van der Waals surface area contributed by atoms with Gasteiger partial charge in [-0.05, 0) is 60.9 Å². The van der Waals surface area contributed by atoms with Crippen molar-refractivity contribution in [1.82, 2.24) is 0 Å². The van der Waals surface area contributed by atoms with E-state index in [1.54, 1.807) is 12.1 Å². The molecule has 25 heavy (non-hydrogen) atoms. The van der Waals surface area contributed by atoms with E-state index >= 15 is 0 Å². The summed E-state index contributed by atoms with van der Waals surface area (Å²) >= 11 is 3.42. The third-order valence-electron chi connectivity index (χ3n) is 3.64. The first-order valence-electron chi connectivity index (χ1n) is 7.57. The summed E-state index contributed by atoms with van der Waals surface area (Å²) in [6, 6.07) is 11.2. The number of benzene rings is 2. The van der Waals surface area contributed by atoms with Crippen molar-refractivity contribution in [2.24, 2.45) is 0 Å². The third kappa shape index (κ3) is 3.83. The molecule has 126 valence electrons. The molecule has 1 aliphatic rings. The lowest BCUT2D eigenvalue weighted by molar-refractivity contribution is -0.112. The van der Waals surface area contributed by atoms with E-state index in [1.165, 1.54) is 6.08 Å². The molecule has 1 heterocycles. The zero-order chi connectivity index (χ0) is 18.0. The van der Waals surface area contributed by atoms with Gasteiger partial charge in [-0.3, -0.25) is 4.79 Å². The number of amides is 1. The monoisotopic (exact) mass is 398 g/mol. The summed E-state index contributed by atoms with van der Waals surface area (Å²) < 4.78 is 11.3. The Hall–Kier alpha value is -2.78. The lowest BCUT2D eigenvalue weighted by Gasteiger charge is -2.07. The molecule has 2 aromatic rings. The van der Waals surface area contributed by atoms with Crippen molar-refractivity contribution in [3.8, 4) is 17.6 Å². The van der Waals surface area contributed by atoms with Crippen molar-refractivity contribution >= 4 is 33.6 Å². The van der Waals surface area contributed by atoms with Gasteiger partial charge in [-0.15, -0.1) is 0 Å². The summed E-state index contributed by atoms with van der Waals surface area (Å²) in [4.78, 5) is 12.4. The van der Waals surface area contributed by atoms with E-state index in [4.69, 9.17) is 9.47 Å². The quantitative estimate of drug-likeness (QED) is 0.616. The predicted molar refractivity (Wildman–Crippen MR) is 98.4 cm³/mol. The van der Waals surface area contributed by atoms with Crippen molar-refractivity contribution in [2.75, 3.05) is 12.1 Å². The van der Waals surface area contributed by atoms with Crippen LogP contribution in [-0.4, -0.2) is 12.7 Å². The Balaban J connectivity index is 1.88. The molecule has 3 rings (SSSR count). The van der Waals surface area contributed by atoms with Gasteiger partial charge in [0.25, 0.3) is 5.91 Å². The highest BCUT2D eigenvalue weighted by atomic mass is 79.9. The first-order chi connectivity index (χ1) is 12.0. The van der Waals surface area contributed by atoms with Gasteiger partial charge < -0.3 is 14.8 Å². The van der Waals surface area contributed by atoms with Crippen LogP contribution in [-0.2, 0) is 4.79 Å². The molecular formula is C19H15BrN2O3. The van der Waals surface area contributed by atoms with E-state index in [1.807, 2.05) is 38.1 Å². The van der Waals surface area contributed by atoms with Crippen LogP contribution >= 0.6 is 15.9 Å². The van der Waals surface area contributed by atoms with Gasteiger partial charge in [-0.25, -0.2) is 0 Å². The molecule has 0 radical (unpaired) electrons. The molecule has 0 aliphatic carbocycles. The van der Waals surface area contributed by atoms with E-state index in [0.717, 1.165) is 11.1 Å². The summed E-state index contributed by atoms with van der Waals surface area (Å²) in [5, 5.41) is 12.1. The molecule has 0 fully saturated rings. The largest absolute Gasteiger partial charge is 0.454 e. The van der Waals surface area contributed by atoms with Crippen molar-refractivity contribution in [2.45, 2.75) is 13.8 Å². The Morgan fingerprint density at radius 1 is 1.16 bits per heavy atom. The van der Waals surface area contributed by atoms with Crippen LogP contribution in [0.3, 0.4) is 0 Å². The number of ether oxygens (including phenoxy) is 2. The lowest BCUT2D eigenvalue weighted by atomic mass is 10.1. The van der Waals surface area contributed by atoms with E-state index in [2.05, 4.69) is 21.2 Å². The van der Waals surface area contributed by atoms with Gasteiger partial charge in [-0.2, -0.15) is 5.26 Å². The van der Waals surface area contributed by atoms with Gasteiger partial charge in [0.2, 0.25) is 6.79 Å². The van der Waals surface area contributed by atoms with Crippen LogP contribution < -0.4 is 14.8 Å². The van der Waals surface area contributed by atoms with Crippen LogP contribution in [0.1, 0.15) is 16.7 Å². The van der Waals surface area contributed by atoms with Gasteiger partial charge in [0, 0.05) is 10.2 Å². The molecule has 0 unspecified atom stereocenters. The van der Waals surface area contributed by atoms with Crippen LogP contribution in [0.15, 0.2) is 40.4 Å². The highest BCUT2D eigenvalue weighted by Crippen LogP contribution is 2.37. The number of nitrogens with one attached hydrogen (secondary N) is 1. The number of anilines is 1. The van der Waals surface area contributed by atoms with Crippen LogP contribution in [0.5, 0.6) is 11.5 Å². The Labute approximate surface area is 154 Å². The molecule has 6 heteroatoms. The van der Waals surface area contributed by atoms with Crippen LogP contribution in [0.25, 0.3) is 6.08 Å². The number of halogens is 1. The van der Waals surface area contributed by atoms with Crippen molar-refractivity contribution in [3.63, 3.8) is 0 Å². The van der Waals surface area contributed by atoms with Crippen molar-refractivity contribution < 1.29 is 14.3 Å². The maximum Gasteiger partial charge on any atom is 0.266 e. The molecule has 1 aliphatic heterocycles. The molecule has 0 atom stereocenters. The topological polar surface area (TPSA) is 71.4 Å². The van der Waals surface area contributed by atoms with Crippen LogP contribution in [0, 0.1) is 25.2 Å². The summed E-state index contributed by atoms with van der Waals surface area (Å²) in [5.41, 5.74) is 3.40. The molecule has 0 bridgehead atoms. The minimum atomic E-state index is -0.461. The van der Waals surface area contributed by atoms with Gasteiger partial charge in [0.15, 0.2) is 11.5 Å². The number of carbonyl (C=O) groups is 1. The zero-order valence-corrected chi connectivity index (χ0v) is 15.3. The standard InChI is InChI=1S/C19H15BrN2O3/c1-11-3-12(2)5-15(4-11)22-19(23)14(9-21)6-13-7-17-18(8-16(13)20)25-10-24-17/h3-8H,10H2,1-2H3,(H,22,23). The summed E-state index contributed by atoms with van der Waals surface area (Å²) in [6.07, 6.45) is 1.52. The first-order valence-corrected chi connectivity index (χ1v) is 8.36. The van der Waals surface area contributed by atoms with Gasteiger partial charge in [0.1, 0.15) is 11.6 Å². The molecule has 1 amide bonds. The molecule has 1 N–H and O–H groups in total. The Morgan fingerprint density at radius 2 is 1.80 bits per heavy atom. The number of hydrogen-bond acceptors (Lipinski definition) is 4. The van der Waals surface area contributed by atoms with Gasteiger partial charge >= 0.3 is 0 Å². The maximum atomic E-state index is 12.4. The number of aryl methyl sites for hydroxylation is 2. The third-order valence-corrected chi connectivity index (χ3v) is 4.32. The Kier molecular flexibility index (Phi) is 4.77. The SMILES string of the molecule is Cc1cc(C)cc(NC(=O)C(C#N)=Cc2cc3c(cc2Br)OCO3)c1. The minimum Gasteiger partial charge on any atom is -0.454 e. The maximum absolute atomic E-state index is 12.4. The smallest absolute Gasteiger partial charge is 0.266 e. The fourth-order valence-electron chi connectivity index (χ4n) is 2.59. The highest BCUT2D eigenvalue weighted by molar-refractivity contribution is 9.10.